The third-order valence-electron chi connectivity index (χ3n) is 1.27. The summed E-state index contributed by atoms with van der Waals surface area (Å²) in [7, 11) is 1.42. The first kappa shape index (κ1) is 8.20. The minimum absolute atomic E-state index is 0.190. The second-order valence-corrected chi connectivity index (χ2v) is 2.80. The molecule has 0 spiro atoms. The number of ether oxygens (including phenoxy) is 1. The molecule has 0 saturated carbocycles. The van der Waals surface area contributed by atoms with E-state index in [1.807, 2.05) is 0 Å². The lowest BCUT2D eigenvalue weighted by Gasteiger charge is -2.05. The Morgan fingerprint density at radius 1 is 1.36 bits per heavy atom. The van der Waals surface area contributed by atoms with Crippen LogP contribution in [0.5, 0.6) is 17.2 Å². The highest BCUT2D eigenvalue weighted by Gasteiger charge is 2.09. The van der Waals surface area contributed by atoms with Gasteiger partial charge in [-0.25, -0.2) is 0 Å². The van der Waals surface area contributed by atoms with Gasteiger partial charge in [-0.3, -0.25) is 0 Å². The lowest BCUT2D eigenvalue weighted by atomic mass is 10.3. The largest absolute Gasteiger partial charge is 0.504 e. The summed E-state index contributed by atoms with van der Waals surface area (Å²) in [4.78, 5) is 0. The summed E-state index contributed by atoms with van der Waals surface area (Å²) in [5.41, 5.74) is 0. The van der Waals surface area contributed by atoms with Crippen LogP contribution in [0.1, 0.15) is 0 Å². The van der Waals surface area contributed by atoms with Crippen LogP contribution in [0.15, 0.2) is 16.6 Å². The fraction of sp³-hybridized carbons (Fsp3) is 0.143. The molecule has 0 radical (unpaired) electrons. The molecule has 0 atom stereocenters. The van der Waals surface area contributed by atoms with Crippen LogP contribution < -0.4 is 4.74 Å². The minimum Gasteiger partial charge on any atom is -0.504 e. The van der Waals surface area contributed by atoms with Crippen LogP contribution in [-0.4, -0.2) is 17.3 Å². The highest BCUT2D eigenvalue weighted by Crippen LogP contribution is 2.40. The van der Waals surface area contributed by atoms with E-state index in [2.05, 4.69) is 15.9 Å². The van der Waals surface area contributed by atoms with Crippen LogP contribution in [0.2, 0.25) is 0 Å². The Bertz CT molecular complexity index is 273. The van der Waals surface area contributed by atoms with Gasteiger partial charge in [0.15, 0.2) is 11.5 Å². The molecule has 0 amide bonds. The Hall–Kier alpha value is -0.900. The molecule has 2 N–H and O–H groups in total. The molecule has 0 fully saturated rings. The summed E-state index contributed by atoms with van der Waals surface area (Å²) < 4.78 is 5.41. The SMILES string of the molecule is COc1c(Br)ccc(O)c1O. The van der Waals surface area contributed by atoms with Crippen molar-refractivity contribution in [3.05, 3.63) is 16.6 Å². The maximum atomic E-state index is 9.17. The predicted molar refractivity (Wildman–Crippen MR) is 44.0 cm³/mol. The van der Waals surface area contributed by atoms with Crippen LogP contribution >= 0.6 is 15.9 Å². The first-order valence-electron chi connectivity index (χ1n) is 2.91. The van der Waals surface area contributed by atoms with Gasteiger partial charge >= 0.3 is 0 Å². The number of phenols is 2. The number of benzene rings is 1. The monoisotopic (exact) mass is 218 g/mol. The third kappa shape index (κ3) is 1.40. The van der Waals surface area contributed by atoms with E-state index in [4.69, 9.17) is 9.84 Å². The second-order valence-electron chi connectivity index (χ2n) is 1.95. The molecule has 0 aromatic heterocycles. The van der Waals surface area contributed by atoms with Crippen LogP contribution in [-0.2, 0) is 0 Å². The van der Waals surface area contributed by atoms with E-state index in [-0.39, 0.29) is 17.2 Å². The lowest BCUT2D eigenvalue weighted by molar-refractivity contribution is 0.349. The fourth-order valence-electron chi connectivity index (χ4n) is 0.730. The Labute approximate surface area is 72.4 Å². The number of rotatable bonds is 1. The molecular formula is C7H7BrO3. The molecule has 1 rings (SSSR count). The normalized spacial score (nSPS) is 9.64. The van der Waals surface area contributed by atoms with Crippen molar-refractivity contribution < 1.29 is 14.9 Å². The number of phenolic OH excluding ortho intramolecular Hbond substituents is 2. The van der Waals surface area contributed by atoms with E-state index in [9.17, 15) is 5.11 Å². The molecule has 0 aliphatic heterocycles. The molecule has 0 bridgehead atoms. The molecule has 11 heavy (non-hydrogen) atoms. The van der Waals surface area contributed by atoms with Gasteiger partial charge in [-0.1, -0.05) is 0 Å². The van der Waals surface area contributed by atoms with Crippen molar-refractivity contribution in [3.63, 3.8) is 0 Å². The summed E-state index contributed by atoms with van der Waals surface area (Å²) >= 11 is 3.15. The Kier molecular flexibility index (Phi) is 2.24. The van der Waals surface area contributed by atoms with Crippen LogP contribution in [0.3, 0.4) is 0 Å². The smallest absolute Gasteiger partial charge is 0.201 e. The fourth-order valence-corrected chi connectivity index (χ4v) is 1.21. The standard InChI is InChI=1S/C7H7BrO3/c1-11-7-4(8)2-3-5(9)6(7)10/h2-3,9-10H,1H3. The summed E-state index contributed by atoms with van der Waals surface area (Å²) in [6.45, 7) is 0. The Morgan fingerprint density at radius 3 is 2.45 bits per heavy atom. The summed E-state index contributed by atoms with van der Waals surface area (Å²) in [5, 5.41) is 18.2. The van der Waals surface area contributed by atoms with Gasteiger partial charge in [-0.2, -0.15) is 0 Å². The van der Waals surface area contributed by atoms with E-state index < -0.39 is 0 Å². The molecule has 1 aromatic rings. The molecule has 1 aromatic carbocycles. The van der Waals surface area contributed by atoms with E-state index in [0.717, 1.165) is 0 Å². The highest BCUT2D eigenvalue weighted by molar-refractivity contribution is 9.10. The zero-order valence-corrected chi connectivity index (χ0v) is 7.42. The molecular weight excluding hydrogens is 212 g/mol. The number of hydrogen-bond donors (Lipinski definition) is 2. The number of aromatic hydroxyl groups is 2. The zero-order chi connectivity index (χ0) is 8.43. The predicted octanol–water partition coefficient (Wildman–Crippen LogP) is 1.87. The number of hydrogen-bond acceptors (Lipinski definition) is 3. The number of halogens is 1. The molecule has 0 aliphatic carbocycles. The van der Waals surface area contributed by atoms with Crippen molar-refractivity contribution in [1.82, 2.24) is 0 Å². The van der Waals surface area contributed by atoms with E-state index in [1.165, 1.54) is 13.2 Å². The first-order valence-corrected chi connectivity index (χ1v) is 3.70. The highest BCUT2D eigenvalue weighted by atomic mass is 79.9. The van der Waals surface area contributed by atoms with Gasteiger partial charge in [0.2, 0.25) is 5.75 Å². The molecule has 0 aliphatic rings. The second kappa shape index (κ2) is 3.00. The van der Waals surface area contributed by atoms with Gasteiger partial charge in [0.05, 0.1) is 11.6 Å². The quantitative estimate of drug-likeness (QED) is 0.708. The van der Waals surface area contributed by atoms with Gasteiger partial charge in [-0.05, 0) is 28.1 Å². The zero-order valence-electron chi connectivity index (χ0n) is 5.84. The molecule has 0 heterocycles. The summed E-state index contributed by atoms with van der Waals surface area (Å²) in [6, 6.07) is 2.97. The van der Waals surface area contributed by atoms with Gasteiger partial charge in [-0.15, -0.1) is 0 Å². The van der Waals surface area contributed by atoms with Crippen molar-refractivity contribution in [2.75, 3.05) is 7.11 Å². The molecule has 0 unspecified atom stereocenters. The summed E-state index contributed by atoms with van der Waals surface area (Å²) in [6.07, 6.45) is 0. The van der Waals surface area contributed by atoms with Crippen molar-refractivity contribution in [2.45, 2.75) is 0 Å². The topological polar surface area (TPSA) is 49.7 Å². The van der Waals surface area contributed by atoms with Crippen LogP contribution in [0.25, 0.3) is 0 Å². The van der Waals surface area contributed by atoms with Gasteiger partial charge in [0.1, 0.15) is 0 Å². The van der Waals surface area contributed by atoms with E-state index in [0.29, 0.717) is 4.47 Å². The van der Waals surface area contributed by atoms with Crippen molar-refractivity contribution in [2.24, 2.45) is 0 Å². The van der Waals surface area contributed by atoms with Crippen LogP contribution in [0, 0.1) is 0 Å². The Balaban J connectivity index is 3.29. The molecule has 4 heteroatoms. The maximum absolute atomic E-state index is 9.17. The van der Waals surface area contributed by atoms with Crippen molar-refractivity contribution in [3.8, 4) is 17.2 Å². The molecule has 3 nitrogen and oxygen atoms in total. The molecule has 60 valence electrons. The van der Waals surface area contributed by atoms with Gasteiger partial charge < -0.3 is 14.9 Å². The maximum Gasteiger partial charge on any atom is 0.201 e. The lowest BCUT2D eigenvalue weighted by Crippen LogP contribution is -1.84. The van der Waals surface area contributed by atoms with Crippen LogP contribution in [0.4, 0.5) is 0 Å². The third-order valence-corrected chi connectivity index (χ3v) is 1.89. The molecule has 0 saturated heterocycles. The van der Waals surface area contributed by atoms with Crippen molar-refractivity contribution >= 4 is 15.9 Å². The van der Waals surface area contributed by atoms with Crippen molar-refractivity contribution in [1.29, 1.82) is 0 Å². The minimum atomic E-state index is -0.248. The van der Waals surface area contributed by atoms with E-state index in [1.54, 1.807) is 6.07 Å². The van der Waals surface area contributed by atoms with Gasteiger partial charge in [0.25, 0.3) is 0 Å². The number of methoxy groups -OCH3 is 1. The average Bonchev–Trinajstić information content (AvgIpc) is 1.99. The van der Waals surface area contributed by atoms with Gasteiger partial charge in [0, 0.05) is 0 Å². The average molecular weight is 219 g/mol. The Morgan fingerprint density at radius 2 is 2.00 bits per heavy atom. The first-order chi connectivity index (χ1) is 5.16. The summed E-state index contributed by atoms with van der Waals surface area (Å²) in [5.74, 6) is -0.197. The van der Waals surface area contributed by atoms with E-state index >= 15 is 0 Å².